The molecule has 6 aromatic rings. The number of aliphatic carboxylic acids is 1. The van der Waals surface area contributed by atoms with Crippen LogP contribution in [0.5, 0.6) is 17.2 Å². The number of aliphatic hydroxyl groups excluding tert-OH is 3. The first-order chi connectivity index (χ1) is 40.5. The highest BCUT2D eigenvalue weighted by molar-refractivity contribution is 9.09. The number of hydrogen-bond acceptors (Lipinski definition) is 21. The third kappa shape index (κ3) is 12.0. The van der Waals surface area contributed by atoms with Crippen LogP contribution in [0.2, 0.25) is 0 Å². The SMILES string of the molecule is CC[C@@]1(O)C(=O)OCc2c1cc1n(c2=O)Cc2c-1nc1cc(F)c(C)c3c1c2[C@@H](NC(=O)Cc1ccc(OS(=O)(=O)Oc2cc(C(=O)N(C)CCOCCn4cc(CNC(=O)CBr)nn4)ccc2O[C@@H]2O[C@H](C(=O)O)[C@@H](O)[C@H](O)[C@H]2O)cc1)CC3. The molecule has 30 heteroatoms. The van der Waals surface area contributed by atoms with Gasteiger partial charge in [-0.2, -0.15) is 0 Å². The molecule has 7 N–H and O–H groups in total. The summed E-state index contributed by atoms with van der Waals surface area (Å²) in [4.78, 5) is 84.1. The average Bonchev–Trinajstić information content (AvgIpc) is 1.73. The summed E-state index contributed by atoms with van der Waals surface area (Å²) in [7, 11) is -3.74. The fourth-order valence-corrected chi connectivity index (χ4v) is 11.6. The van der Waals surface area contributed by atoms with Gasteiger partial charge in [-0.15, -0.1) is 13.5 Å². The van der Waals surface area contributed by atoms with E-state index < -0.39 is 99.4 Å². The number of likely N-dealkylation sites (N-methyl/N-ethyl adjacent to an activating group) is 1. The van der Waals surface area contributed by atoms with Crippen LogP contribution in [-0.2, 0) is 88.5 Å². The number of halogens is 2. The number of carbonyl (C=O) groups excluding carboxylic acids is 4. The van der Waals surface area contributed by atoms with Gasteiger partial charge in [0.15, 0.2) is 23.2 Å². The molecule has 3 amide bonds. The summed E-state index contributed by atoms with van der Waals surface area (Å²) >= 11 is 3.07. The van der Waals surface area contributed by atoms with Crippen LogP contribution in [-0.4, -0.2) is 156 Å². The molecule has 85 heavy (non-hydrogen) atoms. The van der Waals surface area contributed by atoms with E-state index in [1.165, 1.54) is 57.6 Å². The van der Waals surface area contributed by atoms with Crippen molar-refractivity contribution in [3.8, 4) is 28.6 Å². The maximum Gasteiger partial charge on any atom is 0.501 e. The molecule has 10 rings (SSSR count). The molecule has 4 aliphatic rings. The maximum atomic E-state index is 15.5. The smallest absolute Gasteiger partial charge is 0.479 e. The van der Waals surface area contributed by atoms with Crippen molar-refractivity contribution in [1.82, 2.24) is 40.1 Å². The molecule has 3 aromatic heterocycles. The highest BCUT2D eigenvalue weighted by Gasteiger charge is 2.49. The Morgan fingerprint density at radius 2 is 1.73 bits per heavy atom. The number of rotatable bonds is 21. The van der Waals surface area contributed by atoms with Crippen molar-refractivity contribution in [2.75, 3.05) is 32.1 Å². The highest BCUT2D eigenvalue weighted by Crippen LogP contribution is 2.46. The first kappa shape index (κ1) is 60.2. The summed E-state index contributed by atoms with van der Waals surface area (Å²) in [5.41, 5.74) is 1.68. The van der Waals surface area contributed by atoms with Crippen LogP contribution in [0.4, 0.5) is 4.39 Å². The Hall–Kier alpha value is -7.97. The van der Waals surface area contributed by atoms with E-state index in [0.29, 0.717) is 69.7 Å². The molecule has 27 nitrogen and oxygen atoms in total. The van der Waals surface area contributed by atoms with E-state index in [-0.39, 0.29) is 91.5 Å². The van der Waals surface area contributed by atoms with E-state index in [1.54, 1.807) is 26.1 Å². The molecular formula is C55H56BrFN8O19S. The number of fused-ring (bicyclic) bond motifs is 5. The van der Waals surface area contributed by atoms with Crippen molar-refractivity contribution >= 4 is 66.9 Å². The molecule has 6 heterocycles. The normalized spacial score (nSPS) is 21.3. The number of ether oxygens (including phenoxy) is 4. The Morgan fingerprint density at radius 1 is 0.965 bits per heavy atom. The molecule has 0 radical (unpaired) electrons. The lowest BCUT2D eigenvalue weighted by Gasteiger charge is -2.38. The van der Waals surface area contributed by atoms with E-state index in [2.05, 4.69) is 36.9 Å². The molecule has 0 unspecified atom stereocenters. The summed E-state index contributed by atoms with van der Waals surface area (Å²) in [6, 6.07) is 10.7. The van der Waals surface area contributed by atoms with E-state index >= 15 is 4.39 Å². The summed E-state index contributed by atoms with van der Waals surface area (Å²) in [6.07, 6.45) is -8.34. The molecule has 1 fully saturated rings. The minimum Gasteiger partial charge on any atom is -0.479 e. The van der Waals surface area contributed by atoms with Crippen LogP contribution >= 0.6 is 15.9 Å². The number of nitrogens with one attached hydrogen (secondary N) is 2. The molecular weight excluding hydrogens is 1210 g/mol. The lowest BCUT2D eigenvalue weighted by atomic mass is 9.81. The van der Waals surface area contributed by atoms with Crippen LogP contribution < -0.4 is 29.3 Å². The van der Waals surface area contributed by atoms with E-state index in [9.17, 15) is 62.7 Å². The fourth-order valence-electron chi connectivity index (χ4n) is 10.7. The minimum absolute atomic E-state index is 0.0227. The van der Waals surface area contributed by atoms with Gasteiger partial charge in [-0.05, 0) is 84.8 Å². The molecule has 450 valence electrons. The topological polar surface area (TPSA) is 369 Å². The van der Waals surface area contributed by atoms with E-state index in [4.69, 9.17) is 32.3 Å². The van der Waals surface area contributed by atoms with Crippen molar-refractivity contribution in [3.63, 3.8) is 0 Å². The van der Waals surface area contributed by atoms with E-state index in [1.807, 2.05) is 0 Å². The second-order valence-corrected chi connectivity index (χ2v) is 22.3. The number of carboxylic acid groups (broad SMARTS) is 1. The van der Waals surface area contributed by atoms with Crippen LogP contribution in [0, 0.1) is 12.7 Å². The number of benzene rings is 3. The van der Waals surface area contributed by atoms with Crippen molar-refractivity contribution < 1.29 is 89.6 Å². The first-order valence-corrected chi connectivity index (χ1v) is 29.1. The standard InChI is InChI=1S/C55H56BrFN8O19S/c1-4-55(76)34-19-38-45-32(24-65(38)51(72)33(34)25-80-54(55)75)44-36(11-10-31-26(2)35(57)20-37(60-45)43(31)44)59-41(66)17-27-5-8-30(9-6-27)83-85(77,78)84-40-18-28(7-12-39(40)81-53-48(70)46(68)47(69)49(82-53)52(73)74)50(71)63(3)13-15-79-16-14-64-23-29(61-62-64)22-58-42(67)21-56/h5-9,12,18-20,23,36,46-49,53,68-70,76H,4,10-11,13-17,21-22,24-25H2,1-3H3,(H,58,67)(H,59,66)(H,73,74)/t36-,46-,47-,48+,49-,53+,55-/m0/s1. The summed E-state index contributed by atoms with van der Waals surface area (Å²) in [5, 5.41) is 66.9. The second kappa shape index (κ2) is 24.2. The number of alkyl halides is 1. The van der Waals surface area contributed by atoms with Gasteiger partial charge in [0.05, 0.1) is 79.3 Å². The summed E-state index contributed by atoms with van der Waals surface area (Å²) in [5.74, 6) is -6.03. The van der Waals surface area contributed by atoms with Gasteiger partial charge in [0.1, 0.15) is 42.2 Å². The maximum absolute atomic E-state index is 15.5. The zero-order chi connectivity index (χ0) is 60.8. The van der Waals surface area contributed by atoms with Crippen molar-refractivity contribution in [3.05, 3.63) is 127 Å². The lowest BCUT2D eigenvalue weighted by Crippen LogP contribution is -2.61. The van der Waals surface area contributed by atoms with Gasteiger partial charge < -0.3 is 72.9 Å². The molecule has 7 atom stereocenters. The number of esters is 1. The molecule has 1 aliphatic carbocycles. The number of pyridine rings is 2. The summed E-state index contributed by atoms with van der Waals surface area (Å²) < 4.78 is 78.2. The van der Waals surface area contributed by atoms with Crippen molar-refractivity contribution in [2.24, 2.45) is 0 Å². The van der Waals surface area contributed by atoms with Gasteiger partial charge in [0.25, 0.3) is 11.5 Å². The molecule has 0 saturated carbocycles. The molecule has 0 bridgehead atoms. The van der Waals surface area contributed by atoms with Gasteiger partial charge >= 0.3 is 22.3 Å². The van der Waals surface area contributed by atoms with Crippen LogP contribution in [0.25, 0.3) is 22.3 Å². The van der Waals surface area contributed by atoms with Crippen LogP contribution in [0.3, 0.4) is 0 Å². The van der Waals surface area contributed by atoms with Gasteiger partial charge in [-0.3, -0.25) is 19.2 Å². The van der Waals surface area contributed by atoms with Gasteiger partial charge in [0.2, 0.25) is 18.1 Å². The molecule has 0 spiro atoms. The number of amides is 3. The van der Waals surface area contributed by atoms with E-state index in [0.717, 1.165) is 12.1 Å². The largest absolute Gasteiger partial charge is 0.501 e. The Labute approximate surface area is 490 Å². The number of cyclic esters (lactones) is 1. The van der Waals surface area contributed by atoms with Crippen LogP contribution in [0.15, 0.2) is 65.6 Å². The monoisotopic (exact) mass is 1260 g/mol. The number of carboxylic acids is 1. The van der Waals surface area contributed by atoms with Gasteiger partial charge in [-0.25, -0.2) is 23.6 Å². The fraction of sp³-hybridized carbons (Fsp3) is 0.400. The molecule has 3 aliphatic heterocycles. The second-order valence-electron chi connectivity index (χ2n) is 20.6. The van der Waals surface area contributed by atoms with Crippen molar-refractivity contribution in [1.29, 1.82) is 0 Å². The minimum atomic E-state index is -5.17. The third-order valence-electron chi connectivity index (χ3n) is 15.2. The Bertz CT molecular complexity index is 3850. The number of aromatic nitrogens is 5. The first-order valence-electron chi connectivity index (χ1n) is 26.6. The van der Waals surface area contributed by atoms with Crippen LogP contribution in [0.1, 0.15) is 80.8 Å². The lowest BCUT2D eigenvalue weighted by molar-refractivity contribution is -0.271. The Kier molecular flexibility index (Phi) is 17.1. The van der Waals surface area contributed by atoms with Crippen molar-refractivity contribution in [2.45, 2.75) is 108 Å². The van der Waals surface area contributed by atoms with Gasteiger partial charge in [-0.1, -0.05) is 40.2 Å². The average molecular weight is 1260 g/mol. The number of hydrogen-bond donors (Lipinski definition) is 7. The summed E-state index contributed by atoms with van der Waals surface area (Å²) in [6.45, 7) is 3.65. The highest BCUT2D eigenvalue weighted by atomic mass is 79.9. The number of carbonyl (C=O) groups is 5. The Balaban J connectivity index is 0.829. The predicted molar refractivity (Wildman–Crippen MR) is 294 cm³/mol. The quantitative estimate of drug-likeness (QED) is 0.0302. The third-order valence-corrected chi connectivity index (χ3v) is 16.5. The van der Waals surface area contributed by atoms with Gasteiger partial charge in [0, 0.05) is 41.7 Å². The predicted octanol–water partition coefficient (Wildman–Crippen LogP) is 1.24. The number of aryl methyl sites for hydroxylation is 1. The number of aliphatic hydroxyl groups is 4. The Morgan fingerprint density at radius 3 is 2.46 bits per heavy atom. The zero-order valence-corrected chi connectivity index (χ0v) is 47.9. The molecule has 3 aromatic carbocycles. The number of nitrogens with zero attached hydrogens (tertiary/aromatic N) is 6. The molecule has 1 saturated heterocycles. The zero-order valence-electron chi connectivity index (χ0n) is 45.5.